The fourth-order valence-electron chi connectivity index (χ4n) is 3.51. The molecule has 0 aliphatic rings. The summed E-state index contributed by atoms with van der Waals surface area (Å²) in [5, 5.41) is 10.5. The first-order valence-corrected chi connectivity index (χ1v) is 16.1. The molecule has 1 aromatic rings. The molecule has 2 atom stereocenters. The SMILES string of the molecule is C/C(=C/N(C)C)NC=S.CC(C)C(=O)CNC(=O)C(CCCCN)NC(=O)CNC(=O)C(N)CCCN=C(N)N.Cc1ccccc1. The lowest BCUT2D eigenvalue weighted by Crippen LogP contribution is -2.51. The number of hydrogen-bond acceptors (Lipinski definition) is 9. The number of ketones is 1. The third-order valence-electron chi connectivity index (χ3n) is 6.09. The van der Waals surface area contributed by atoms with Crippen LogP contribution in [0.5, 0.6) is 0 Å². The van der Waals surface area contributed by atoms with Gasteiger partial charge in [-0.2, -0.15) is 0 Å². The van der Waals surface area contributed by atoms with E-state index in [0.717, 1.165) is 5.70 Å². The van der Waals surface area contributed by atoms with E-state index in [4.69, 9.17) is 22.9 Å². The van der Waals surface area contributed by atoms with Gasteiger partial charge in [0.2, 0.25) is 17.7 Å². The van der Waals surface area contributed by atoms with Gasteiger partial charge in [-0.05, 0) is 52.5 Å². The van der Waals surface area contributed by atoms with Gasteiger partial charge in [-0.25, -0.2) is 0 Å². The maximum Gasteiger partial charge on any atom is 0.242 e. The molecule has 14 nitrogen and oxygen atoms in total. The first-order valence-electron chi connectivity index (χ1n) is 15.6. The van der Waals surface area contributed by atoms with Gasteiger partial charge in [0.25, 0.3) is 0 Å². The highest BCUT2D eigenvalue weighted by atomic mass is 32.1. The Kier molecular flexibility index (Phi) is 27.0. The molecule has 0 aliphatic heterocycles. The summed E-state index contributed by atoms with van der Waals surface area (Å²) in [6.45, 7) is 7.90. The zero-order chi connectivity index (χ0) is 36.2. The first-order chi connectivity index (χ1) is 22.1. The van der Waals surface area contributed by atoms with Gasteiger partial charge >= 0.3 is 0 Å². The zero-order valence-corrected chi connectivity index (χ0v) is 29.7. The summed E-state index contributed by atoms with van der Waals surface area (Å²) in [7, 11) is 3.93. The van der Waals surface area contributed by atoms with E-state index in [1.165, 1.54) is 11.1 Å². The molecule has 3 amide bonds. The van der Waals surface area contributed by atoms with Gasteiger partial charge in [0.05, 0.1) is 24.6 Å². The van der Waals surface area contributed by atoms with E-state index in [1.807, 2.05) is 50.3 Å². The standard InChI is InChI=1S/C19H38N8O4.C7H8.C6H12N2S/c1-12(2)15(28)10-25-18(31)14(7-3-4-8-20)27-16(29)11-26-17(30)13(21)6-5-9-24-19(22)23;1-7-5-3-2-4-6-7;1-6(7-5-9)4-8(2)3/h12-14H,3-11,20-21H2,1-2H3,(H,25,31)(H,26,30)(H,27,29)(H4,22,23,24);2-6H,1H3;4-5H,1-3H3,(H,7,9)/b;;6-4-. The number of nitrogens with two attached hydrogens (primary N) is 4. The number of aliphatic imine (C=N–C) groups is 1. The second-order valence-corrected chi connectivity index (χ2v) is 11.4. The monoisotopic (exact) mass is 678 g/mol. The van der Waals surface area contributed by atoms with Crippen molar-refractivity contribution in [3.05, 3.63) is 47.8 Å². The zero-order valence-electron chi connectivity index (χ0n) is 28.9. The van der Waals surface area contributed by atoms with Crippen LogP contribution in [0.2, 0.25) is 0 Å². The molecule has 15 heteroatoms. The minimum absolute atomic E-state index is 0.0340. The summed E-state index contributed by atoms with van der Waals surface area (Å²) >= 11 is 4.59. The van der Waals surface area contributed by atoms with Crippen LogP contribution in [-0.4, -0.2) is 92.2 Å². The Bertz CT molecular complexity index is 1110. The van der Waals surface area contributed by atoms with Crippen LogP contribution in [0.25, 0.3) is 0 Å². The number of aryl methyl sites for hydroxylation is 1. The Morgan fingerprint density at radius 1 is 0.957 bits per heavy atom. The molecule has 0 fully saturated rings. The fourth-order valence-corrected chi connectivity index (χ4v) is 3.70. The topological polar surface area (TPSA) is 236 Å². The number of thiocarbonyl (C=S) groups is 1. The first kappa shape index (κ1) is 45.0. The Balaban J connectivity index is 0. The van der Waals surface area contributed by atoms with Crippen LogP contribution in [0, 0.1) is 12.8 Å². The molecule has 0 saturated carbocycles. The summed E-state index contributed by atoms with van der Waals surface area (Å²) < 4.78 is 0. The van der Waals surface area contributed by atoms with Crippen LogP contribution < -0.4 is 44.2 Å². The predicted molar refractivity (Wildman–Crippen MR) is 194 cm³/mol. The number of nitrogens with one attached hydrogen (secondary N) is 4. The van der Waals surface area contributed by atoms with Crippen molar-refractivity contribution in [1.82, 2.24) is 26.2 Å². The Morgan fingerprint density at radius 3 is 2.06 bits per heavy atom. The third-order valence-corrected chi connectivity index (χ3v) is 6.20. The molecule has 1 rings (SSSR count). The lowest BCUT2D eigenvalue weighted by Gasteiger charge is -2.19. The molecular formula is C32H58N10O4S. The molecule has 1 aromatic carbocycles. The van der Waals surface area contributed by atoms with Crippen molar-refractivity contribution in [3.63, 3.8) is 0 Å². The second-order valence-electron chi connectivity index (χ2n) is 11.2. The molecular weight excluding hydrogens is 620 g/mol. The minimum Gasteiger partial charge on any atom is -0.382 e. The van der Waals surface area contributed by atoms with Gasteiger partial charge < -0.3 is 49.1 Å². The Hall–Kier alpha value is -4.08. The molecule has 0 bridgehead atoms. The van der Waals surface area contributed by atoms with Crippen molar-refractivity contribution in [3.8, 4) is 0 Å². The average molecular weight is 679 g/mol. The largest absolute Gasteiger partial charge is 0.382 e. The van der Waals surface area contributed by atoms with Crippen molar-refractivity contribution in [2.24, 2.45) is 33.8 Å². The number of hydrogen-bond donors (Lipinski definition) is 8. The normalized spacial score (nSPS) is 11.6. The number of allylic oxidation sites excluding steroid dienone is 1. The van der Waals surface area contributed by atoms with Crippen LogP contribution in [0.3, 0.4) is 0 Å². The number of nitrogens with zero attached hydrogens (tertiary/aromatic N) is 2. The number of guanidine groups is 1. The van der Waals surface area contributed by atoms with Gasteiger partial charge in [0.15, 0.2) is 11.7 Å². The van der Waals surface area contributed by atoms with Gasteiger partial charge in [0, 0.05) is 38.5 Å². The number of unbranched alkanes of at least 4 members (excludes halogenated alkanes) is 1. The van der Waals surface area contributed by atoms with Gasteiger partial charge in [-0.15, -0.1) is 0 Å². The van der Waals surface area contributed by atoms with Crippen LogP contribution in [0.1, 0.15) is 58.4 Å². The van der Waals surface area contributed by atoms with Gasteiger partial charge in [0.1, 0.15) is 6.04 Å². The summed E-state index contributed by atoms with van der Waals surface area (Å²) in [6, 6.07) is 8.62. The molecule has 47 heavy (non-hydrogen) atoms. The molecule has 2 unspecified atom stereocenters. The molecule has 0 radical (unpaired) electrons. The molecule has 0 saturated heterocycles. The van der Waals surface area contributed by atoms with Crippen LogP contribution in [0.4, 0.5) is 0 Å². The summed E-state index contributed by atoms with van der Waals surface area (Å²) in [5.74, 6) is -1.84. The summed E-state index contributed by atoms with van der Waals surface area (Å²) in [5.41, 5.74) is 25.6. The van der Waals surface area contributed by atoms with Crippen molar-refractivity contribution < 1.29 is 19.2 Å². The molecule has 0 aromatic heterocycles. The van der Waals surface area contributed by atoms with E-state index in [2.05, 4.69) is 57.5 Å². The maximum absolute atomic E-state index is 12.4. The molecule has 0 spiro atoms. The quantitative estimate of drug-likeness (QED) is 0.0431. The predicted octanol–water partition coefficient (Wildman–Crippen LogP) is 0.390. The van der Waals surface area contributed by atoms with Crippen molar-refractivity contribution in [1.29, 1.82) is 0 Å². The highest BCUT2D eigenvalue weighted by Gasteiger charge is 2.22. The van der Waals surface area contributed by atoms with Gasteiger partial charge in [-0.3, -0.25) is 24.2 Å². The molecule has 266 valence electrons. The molecule has 0 aliphatic carbocycles. The number of carbonyl (C=O) groups excluding carboxylic acids is 4. The minimum atomic E-state index is -0.829. The fraction of sp³-hybridized carbons (Fsp3) is 0.562. The van der Waals surface area contributed by atoms with Gasteiger partial charge in [-0.1, -0.05) is 62.0 Å². The highest BCUT2D eigenvalue weighted by molar-refractivity contribution is 7.78. The average Bonchev–Trinajstić information content (AvgIpc) is 3.00. The van der Waals surface area contributed by atoms with Crippen molar-refractivity contribution in [2.75, 3.05) is 40.3 Å². The van der Waals surface area contributed by atoms with Crippen molar-refractivity contribution >= 4 is 47.2 Å². The number of Topliss-reactive ketones (excluding diaryl/α,β-unsaturated/α-hetero) is 1. The van der Waals surface area contributed by atoms with Crippen LogP contribution >= 0.6 is 12.2 Å². The van der Waals surface area contributed by atoms with E-state index >= 15 is 0 Å². The smallest absolute Gasteiger partial charge is 0.242 e. The second kappa shape index (κ2) is 28.2. The van der Waals surface area contributed by atoms with E-state index in [9.17, 15) is 19.2 Å². The Labute approximate surface area is 285 Å². The van der Waals surface area contributed by atoms with E-state index in [0.29, 0.717) is 45.2 Å². The highest BCUT2D eigenvalue weighted by Crippen LogP contribution is 2.02. The third kappa shape index (κ3) is 27.9. The lowest BCUT2D eigenvalue weighted by atomic mass is 10.1. The van der Waals surface area contributed by atoms with E-state index in [-0.39, 0.29) is 30.8 Å². The number of rotatable bonds is 19. The van der Waals surface area contributed by atoms with E-state index < -0.39 is 29.8 Å². The molecule has 0 heterocycles. The number of benzene rings is 1. The van der Waals surface area contributed by atoms with Crippen molar-refractivity contribution in [2.45, 2.75) is 71.9 Å². The maximum atomic E-state index is 12.4. The summed E-state index contributed by atoms with van der Waals surface area (Å²) in [6.07, 6.45) is 4.50. The van der Waals surface area contributed by atoms with E-state index in [1.54, 1.807) is 13.8 Å². The summed E-state index contributed by atoms with van der Waals surface area (Å²) in [4.78, 5) is 54.1. The van der Waals surface area contributed by atoms with Crippen LogP contribution in [-0.2, 0) is 19.2 Å². The Morgan fingerprint density at radius 2 is 1.57 bits per heavy atom. The molecule has 12 N–H and O–H groups in total. The number of amides is 3. The lowest BCUT2D eigenvalue weighted by molar-refractivity contribution is -0.131. The number of carbonyl (C=O) groups is 4. The van der Waals surface area contributed by atoms with Crippen LogP contribution in [0.15, 0.2) is 47.2 Å².